The normalized spacial score (nSPS) is 10.2. The average Bonchev–Trinajstić information content (AvgIpc) is 2.45. The fraction of sp³-hybridized carbons (Fsp3) is 0.143. The maximum atomic E-state index is 13.0. The standard InChI is InChI=1S/C14H13ClFN3O/c1-17-12-6-5-11(15)13(19-12)14(20)18-8-9-3-2-4-10(16)7-9/h2-7H,8H2,1H3,(H,17,19)(H,18,20). The Morgan fingerprint density at radius 1 is 1.35 bits per heavy atom. The lowest BCUT2D eigenvalue weighted by atomic mass is 10.2. The summed E-state index contributed by atoms with van der Waals surface area (Å²) in [7, 11) is 1.70. The first-order chi connectivity index (χ1) is 9.60. The predicted molar refractivity (Wildman–Crippen MR) is 76.4 cm³/mol. The molecule has 0 aliphatic rings. The van der Waals surface area contributed by atoms with Gasteiger partial charge in [-0.2, -0.15) is 0 Å². The first-order valence-electron chi connectivity index (χ1n) is 5.97. The van der Waals surface area contributed by atoms with Gasteiger partial charge < -0.3 is 10.6 Å². The molecule has 2 aromatic rings. The summed E-state index contributed by atoms with van der Waals surface area (Å²) in [5.74, 6) is -0.202. The van der Waals surface area contributed by atoms with Crippen LogP contribution in [-0.4, -0.2) is 17.9 Å². The van der Waals surface area contributed by atoms with Crippen LogP contribution in [-0.2, 0) is 6.54 Å². The number of benzene rings is 1. The summed E-state index contributed by atoms with van der Waals surface area (Å²) in [4.78, 5) is 16.1. The molecule has 4 nitrogen and oxygen atoms in total. The van der Waals surface area contributed by atoms with E-state index >= 15 is 0 Å². The second-order valence-electron chi connectivity index (χ2n) is 4.09. The Kier molecular flexibility index (Phi) is 4.53. The van der Waals surface area contributed by atoms with Gasteiger partial charge in [-0.1, -0.05) is 23.7 Å². The SMILES string of the molecule is CNc1ccc(Cl)c(C(=O)NCc2cccc(F)c2)n1. The Labute approximate surface area is 121 Å². The summed E-state index contributed by atoms with van der Waals surface area (Å²) in [5, 5.41) is 5.75. The number of carbonyl (C=O) groups excluding carboxylic acids is 1. The molecule has 1 amide bonds. The molecule has 0 bridgehead atoms. The molecule has 1 heterocycles. The van der Waals surface area contributed by atoms with Crippen molar-refractivity contribution in [2.75, 3.05) is 12.4 Å². The molecule has 0 aliphatic carbocycles. The van der Waals surface area contributed by atoms with Gasteiger partial charge in [0, 0.05) is 13.6 Å². The van der Waals surface area contributed by atoms with Crippen molar-refractivity contribution in [1.29, 1.82) is 0 Å². The largest absolute Gasteiger partial charge is 0.373 e. The smallest absolute Gasteiger partial charge is 0.271 e. The lowest BCUT2D eigenvalue weighted by Gasteiger charge is -2.08. The highest BCUT2D eigenvalue weighted by Gasteiger charge is 2.12. The van der Waals surface area contributed by atoms with Crippen LogP contribution in [0.2, 0.25) is 5.02 Å². The van der Waals surface area contributed by atoms with Crippen molar-refractivity contribution >= 4 is 23.3 Å². The van der Waals surface area contributed by atoms with Crippen molar-refractivity contribution in [3.05, 3.63) is 58.5 Å². The minimum atomic E-state index is -0.406. The Bertz CT molecular complexity index is 634. The van der Waals surface area contributed by atoms with E-state index < -0.39 is 5.91 Å². The zero-order chi connectivity index (χ0) is 14.5. The lowest BCUT2D eigenvalue weighted by molar-refractivity contribution is 0.0946. The molecule has 0 spiro atoms. The Hall–Kier alpha value is -2.14. The number of rotatable bonds is 4. The summed E-state index contributed by atoms with van der Waals surface area (Å²) in [6.45, 7) is 0.207. The molecule has 104 valence electrons. The maximum Gasteiger partial charge on any atom is 0.271 e. The number of halogens is 2. The van der Waals surface area contributed by atoms with Gasteiger partial charge in [0.25, 0.3) is 5.91 Å². The molecule has 1 aromatic heterocycles. The molecule has 2 rings (SSSR count). The molecular weight excluding hydrogens is 281 g/mol. The van der Waals surface area contributed by atoms with Crippen molar-refractivity contribution in [2.24, 2.45) is 0 Å². The number of anilines is 1. The second kappa shape index (κ2) is 6.34. The van der Waals surface area contributed by atoms with Crippen LogP contribution >= 0.6 is 11.6 Å². The Morgan fingerprint density at radius 3 is 2.85 bits per heavy atom. The van der Waals surface area contributed by atoms with E-state index in [1.807, 2.05) is 0 Å². The van der Waals surface area contributed by atoms with Crippen LogP contribution in [0.4, 0.5) is 10.2 Å². The third-order valence-electron chi connectivity index (χ3n) is 2.66. The maximum absolute atomic E-state index is 13.0. The molecule has 0 saturated heterocycles. The van der Waals surface area contributed by atoms with E-state index in [0.29, 0.717) is 11.4 Å². The van der Waals surface area contributed by atoms with E-state index in [1.165, 1.54) is 12.1 Å². The number of hydrogen-bond acceptors (Lipinski definition) is 3. The fourth-order valence-electron chi connectivity index (χ4n) is 1.65. The van der Waals surface area contributed by atoms with Crippen molar-refractivity contribution in [3.8, 4) is 0 Å². The average molecular weight is 294 g/mol. The van der Waals surface area contributed by atoms with Gasteiger partial charge in [0.2, 0.25) is 0 Å². The quantitative estimate of drug-likeness (QED) is 0.911. The van der Waals surface area contributed by atoms with Gasteiger partial charge in [0.1, 0.15) is 17.3 Å². The van der Waals surface area contributed by atoms with E-state index in [1.54, 1.807) is 31.3 Å². The number of pyridine rings is 1. The molecule has 0 atom stereocenters. The molecule has 0 aliphatic heterocycles. The summed E-state index contributed by atoms with van der Waals surface area (Å²) < 4.78 is 13.0. The fourth-order valence-corrected chi connectivity index (χ4v) is 1.84. The highest BCUT2D eigenvalue weighted by molar-refractivity contribution is 6.33. The minimum Gasteiger partial charge on any atom is -0.373 e. The summed E-state index contributed by atoms with van der Waals surface area (Å²) in [5.41, 5.74) is 0.800. The molecule has 6 heteroatoms. The van der Waals surface area contributed by atoms with Crippen LogP contribution in [0.5, 0.6) is 0 Å². The topological polar surface area (TPSA) is 54.0 Å². The van der Waals surface area contributed by atoms with Crippen molar-refractivity contribution in [1.82, 2.24) is 10.3 Å². The molecule has 0 radical (unpaired) electrons. The van der Waals surface area contributed by atoms with Crippen LogP contribution in [0.1, 0.15) is 16.1 Å². The number of amides is 1. The van der Waals surface area contributed by atoms with Gasteiger partial charge in [0.05, 0.1) is 5.02 Å². The van der Waals surface area contributed by atoms with Crippen LogP contribution in [0.25, 0.3) is 0 Å². The molecule has 20 heavy (non-hydrogen) atoms. The van der Waals surface area contributed by atoms with E-state index in [9.17, 15) is 9.18 Å². The van der Waals surface area contributed by atoms with Gasteiger partial charge in [-0.05, 0) is 29.8 Å². The number of nitrogens with zero attached hydrogens (tertiary/aromatic N) is 1. The van der Waals surface area contributed by atoms with E-state index in [2.05, 4.69) is 15.6 Å². The first-order valence-corrected chi connectivity index (χ1v) is 6.35. The number of aromatic nitrogens is 1. The summed E-state index contributed by atoms with van der Waals surface area (Å²) in [6, 6.07) is 9.29. The molecule has 0 unspecified atom stereocenters. The van der Waals surface area contributed by atoms with Crippen molar-refractivity contribution in [2.45, 2.75) is 6.54 Å². The van der Waals surface area contributed by atoms with Gasteiger partial charge in [0.15, 0.2) is 0 Å². The highest BCUT2D eigenvalue weighted by Crippen LogP contribution is 2.16. The van der Waals surface area contributed by atoms with Gasteiger partial charge in [-0.25, -0.2) is 9.37 Å². The minimum absolute atomic E-state index is 0.134. The lowest BCUT2D eigenvalue weighted by Crippen LogP contribution is -2.24. The highest BCUT2D eigenvalue weighted by atomic mass is 35.5. The predicted octanol–water partition coefficient (Wildman–Crippen LogP) is 2.85. The van der Waals surface area contributed by atoms with E-state index in [4.69, 9.17) is 11.6 Å². The second-order valence-corrected chi connectivity index (χ2v) is 4.50. The van der Waals surface area contributed by atoms with Crippen LogP contribution in [0.15, 0.2) is 36.4 Å². The monoisotopic (exact) mass is 293 g/mol. The van der Waals surface area contributed by atoms with Gasteiger partial charge >= 0.3 is 0 Å². The van der Waals surface area contributed by atoms with E-state index in [-0.39, 0.29) is 23.1 Å². The van der Waals surface area contributed by atoms with Gasteiger partial charge in [-0.3, -0.25) is 4.79 Å². The first kappa shape index (κ1) is 14.3. The zero-order valence-corrected chi connectivity index (χ0v) is 11.5. The van der Waals surface area contributed by atoms with Crippen LogP contribution in [0, 0.1) is 5.82 Å². The number of carbonyl (C=O) groups is 1. The molecule has 1 aromatic carbocycles. The third-order valence-corrected chi connectivity index (χ3v) is 2.96. The van der Waals surface area contributed by atoms with E-state index in [0.717, 1.165) is 0 Å². The van der Waals surface area contributed by atoms with Crippen LogP contribution < -0.4 is 10.6 Å². The molecular formula is C14H13ClFN3O. The van der Waals surface area contributed by atoms with Gasteiger partial charge in [-0.15, -0.1) is 0 Å². The zero-order valence-electron chi connectivity index (χ0n) is 10.8. The van der Waals surface area contributed by atoms with Crippen LogP contribution in [0.3, 0.4) is 0 Å². The number of hydrogen-bond donors (Lipinski definition) is 2. The number of nitrogens with one attached hydrogen (secondary N) is 2. The summed E-state index contributed by atoms with van der Waals surface area (Å²) >= 11 is 5.94. The van der Waals surface area contributed by atoms with Crippen molar-refractivity contribution in [3.63, 3.8) is 0 Å². The molecule has 0 saturated carbocycles. The van der Waals surface area contributed by atoms with Crippen molar-refractivity contribution < 1.29 is 9.18 Å². The molecule has 0 fully saturated rings. The third kappa shape index (κ3) is 3.45. The molecule has 2 N–H and O–H groups in total. The Balaban J connectivity index is 2.08. The summed E-state index contributed by atoms with van der Waals surface area (Å²) in [6.07, 6.45) is 0. The Morgan fingerprint density at radius 2 is 2.15 bits per heavy atom.